The van der Waals surface area contributed by atoms with E-state index < -0.39 is 11.6 Å². The summed E-state index contributed by atoms with van der Waals surface area (Å²) in [5.74, 6) is -1.54. The number of aryl methyl sites for hydroxylation is 1. The maximum absolute atomic E-state index is 14.1. The van der Waals surface area contributed by atoms with Crippen molar-refractivity contribution in [3.8, 4) is 16.9 Å². The molecule has 0 radical (unpaired) electrons. The first-order valence-electron chi connectivity index (χ1n) is 12.9. The minimum absolute atomic E-state index is 0.0853. The number of aromatic nitrogens is 4. The maximum atomic E-state index is 14.1. The zero-order valence-corrected chi connectivity index (χ0v) is 22.3. The van der Waals surface area contributed by atoms with E-state index in [0.717, 1.165) is 28.6 Å². The minimum Gasteiger partial charge on any atom is -0.383 e. The third kappa shape index (κ3) is 5.76. The summed E-state index contributed by atoms with van der Waals surface area (Å²) in [6.07, 6.45) is 3.85. The van der Waals surface area contributed by atoms with Crippen LogP contribution in [0.4, 0.5) is 14.6 Å². The number of halogens is 2. The molecule has 1 N–H and O–H groups in total. The molecule has 4 aromatic rings. The van der Waals surface area contributed by atoms with Gasteiger partial charge in [0.25, 0.3) is 0 Å². The van der Waals surface area contributed by atoms with Crippen LogP contribution in [-0.2, 0) is 16.6 Å². The molecule has 2 atom stereocenters. The molecule has 5 rings (SSSR count). The lowest BCUT2D eigenvalue weighted by Crippen LogP contribution is -2.26. The highest BCUT2D eigenvalue weighted by Crippen LogP contribution is 2.36. The van der Waals surface area contributed by atoms with Crippen molar-refractivity contribution in [3.63, 3.8) is 0 Å². The Bertz CT molecular complexity index is 1450. The van der Waals surface area contributed by atoms with Crippen LogP contribution in [0.2, 0.25) is 0 Å². The highest BCUT2D eigenvalue weighted by molar-refractivity contribution is 5.92. The Kier molecular flexibility index (Phi) is 7.85. The van der Waals surface area contributed by atoms with Gasteiger partial charge in [0, 0.05) is 63.5 Å². The summed E-state index contributed by atoms with van der Waals surface area (Å²) in [4.78, 5) is 15.7. The smallest absolute Gasteiger partial charge is 0.225 e. The summed E-state index contributed by atoms with van der Waals surface area (Å²) >= 11 is 0. The highest BCUT2D eigenvalue weighted by atomic mass is 19.2. The summed E-state index contributed by atoms with van der Waals surface area (Å²) in [6, 6.07) is 13.6. The zero-order valence-electron chi connectivity index (χ0n) is 22.3. The average molecular weight is 535 g/mol. The predicted molar refractivity (Wildman–Crippen MR) is 145 cm³/mol. The van der Waals surface area contributed by atoms with Gasteiger partial charge in [0.15, 0.2) is 11.6 Å². The van der Waals surface area contributed by atoms with Crippen molar-refractivity contribution in [3.05, 3.63) is 83.7 Å². The van der Waals surface area contributed by atoms with E-state index in [1.807, 2.05) is 50.5 Å². The SMILES string of the molecule is COCCN1C[C@@H](CC(=O)Nc2c(C)c(-c3cnn(C)c3)nn2-c2ccccc2)[C@H](c2ccc(F)c(F)c2)C1. The molecule has 1 aliphatic rings. The quantitative estimate of drug-likeness (QED) is 0.341. The third-order valence-electron chi connectivity index (χ3n) is 7.31. The van der Waals surface area contributed by atoms with Crippen LogP contribution in [0.15, 0.2) is 60.9 Å². The number of anilines is 1. The van der Waals surface area contributed by atoms with E-state index in [4.69, 9.17) is 9.84 Å². The monoisotopic (exact) mass is 534 g/mol. The molecule has 1 amide bonds. The van der Waals surface area contributed by atoms with Gasteiger partial charge in [-0.25, -0.2) is 13.5 Å². The van der Waals surface area contributed by atoms with E-state index in [9.17, 15) is 13.6 Å². The number of para-hydroxylation sites is 1. The van der Waals surface area contributed by atoms with Crippen molar-refractivity contribution < 1.29 is 18.3 Å². The van der Waals surface area contributed by atoms with Crippen LogP contribution in [0.5, 0.6) is 0 Å². The lowest BCUT2D eigenvalue weighted by atomic mass is 9.86. The molecule has 3 heterocycles. The normalized spacial score (nSPS) is 17.6. The number of nitrogens with zero attached hydrogens (tertiary/aromatic N) is 5. The van der Waals surface area contributed by atoms with Crippen molar-refractivity contribution in [2.75, 3.05) is 38.7 Å². The molecule has 204 valence electrons. The van der Waals surface area contributed by atoms with E-state index in [1.165, 1.54) is 6.07 Å². The largest absolute Gasteiger partial charge is 0.383 e. The molecule has 1 aliphatic heterocycles. The fourth-order valence-corrected chi connectivity index (χ4v) is 5.33. The first kappa shape index (κ1) is 26.7. The molecule has 39 heavy (non-hydrogen) atoms. The molecular weight excluding hydrogens is 502 g/mol. The molecular formula is C29H32F2N6O2. The Morgan fingerprint density at radius 1 is 1.13 bits per heavy atom. The molecule has 0 saturated carbocycles. The maximum Gasteiger partial charge on any atom is 0.225 e. The molecule has 2 aromatic carbocycles. The van der Waals surface area contributed by atoms with Gasteiger partial charge in [0.1, 0.15) is 11.5 Å². The molecule has 0 spiro atoms. The van der Waals surface area contributed by atoms with Crippen molar-refractivity contribution >= 4 is 11.7 Å². The number of nitrogens with one attached hydrogen (secondary N) is 1. The summed E-state index contributed by atoms with van der Waals surface area (Å²) < 4.78 is 36.4. The number of carbonyl (C=O) groups excluding carboxylic acids is 1. The lowest BCUT2D eigenvalue weighted by Gasteiger charge is -2.19. The number of carbonyl (C=O) groups is 1. The average Bonchev–Trinajstić information content (AvgIpc) is 3.62. The Hall–Kier alpha value is -3.89. The van der Waals surface area contributed by atoms with E-state index in [-0.39, 0.29) is 24.2 Å². The summed E-state index contributed by atoms with van der Waals surface area (Å²) in [7, 11) is 3.49. The third-order valence-corrected chi connectivity index (χ3v) is 7.31. The fraction of sp³-hybridized carbons (Fsp3) is 0.345. The summed E-state index contributed by atoms with van der Waals surface area (Å²) in [5, 5.41) is 12.2. The van der Waals surface area contributed by atoms with Crippen LogP contribution < -0.4 is 5.32 Å². The number of hydrogen-bond donors (Lipinski definition) is 1. The van der Waals surface area contributed by atoms with Gasteiger partial charge in [-0.05, 0) is 42.7 Å². The van der Waals surface area contributed by atoms with Crippen LogP contribution in [0.3, 0.4) is 0 Å². The van der Waals surface area contributed by atoms with Crippen molar-refractivity contribution in [2.24, 2.45) is 13.0 Å². The molecule has 1 fully saturated rings. The number of ether oxygens (including phenoxy) is 1. The molecule has 0 unspecified atom stereocenters. The van der Waals surface area contributed by atoms with Gasteiger partial charge in [-0.15, -0.1) is 0 Å². The van der Waals surface area contributed by atoms with Crippen LogP contribution in [0, 0.1) is 24.5 Å². The summed E-state index contributed by atoms with van der Waals surface area (Å²) in [5.41, 5.74) is 3.91. The topological polar surface area (TPSA) is 77.2 Å². The van der Waals surface area contributed by atoms with Crippen LogP contribution in [0.25, 0.3) is 16.9 Å². The highest BCUT2D eigenvalue weighted by Gasteiger charge is 2.35. The molecule has 10 heteroatoms. The van der Waals surface area contributed by atoms with E-state index >= 15 is 0 Å². The molecule has 0 bridgehead atoms. The first-order chi connectivity index (χ1) is 18.8. The van der Waals surface area contributed by atoms with Crippen LogP contribution in [-0.4, -0.2) is 63.7 Å². The second-order valence-corrected chi connectivity index (χ2v) is 10.0. The van der Waals surface area contributed by atoms with Gasteiger partial charge in [-0.3, -0.25) is 9.48 Å². The van der Waals surface area contributed by atoms with E-state index in [2.05, 4.69) is 15.3 Å². The molecule has 8 nitrogen and oxygen atoms in total. The Morgan fingerprint density at radius 3 is 2.62 bits per heavy atom. The number of amides is 1. The van der Waals surface area contributed by atoms with Crippen molar-refractivity contribution in [1.82, 2.24) is 24.5 Å². The van der Waals surface area contributed by atoms with Gasteiger partial charge in [0.05, 0.1) is 18.5 Å². The van der Waals surface area contributed by atoms with Crippen molar-refractivity contribution in [1.29, 1.82) is 0 Å². The Morgan fingerprint density at radius 2 is 1.92 bits per heavy atom. The Balaban J connectivity index is 1.42. The molecule has 0 aliphatic carbocycles. The standard InChI is InChI=1S/C29H32F2N6O2/c1-19-28(22-15-32-35(2)16-22)34-37(23-7-5-4-6-8-23)29(19)33-27(38)14-21-17-36(11-12-39-3)18-24(21)20-9-10-25(30)26(31)13-20/h4-10,13,15-16,21,24H,11-12,14,17-18H2,1-3H3,(H,33,38)/t21-,24+/m1/s1. The molecule has 1 saturated heterocycles. The second kappa shape index (κ2) is 11.5. The fourth-order valence-electron chi connectivity index (χ4n) is 5.33. The number of methoxy groups -OCH3 is 1. The number of hydrogen-bond acceptors (Lipinski definition) is 5. The first-order valence-corrected chi connectivity index (χ1v) is 12.9. The summed E-state index contributed by atoms with van der Waals surface area (Å²) in [6.45, 7) is 4.46. The molecule has 2 aromatic heterocycles. The second-order valence-electron chi connectivity index (χ2n) is 10.0. The van der Waals surface area contributed by atoms with Gasteiger partial charge in [0.2, 0.25) is 5.91 Å². The van der Waals surface area contributed by atoms with Gasteiger partial charge < -0.3 is 15.0 Å². The van der Waals surface area contributed by atoms with Crippen LogP contribution >= 0.6 is 0 Å². The zero-order chi connectivity index (χ0) is 27.5. The minimum atomic E-state index is -0.878. The van der Waals surface area contributed by atoms with Crippen LogP contribution in [0.1, 0.15) is 23.5 Å². The predicted octanol–water partition coefficient (Wildman–Crippen LogP) is 4.55. The Labute approximate surface area is 226 Å². The van der Waals surface area contributed by atoms with Crippen molar-refractivity contribution in [2.45, 2.75) is 19.3 Å². The lowest BCUT2D eigenvalue weighted by molar-refractivity contribution is -0.117. The number of rotatable bonds is 9. The van der Waals surface area contributed by atoms with E-state index in [0.29, 0.717) is 37.6 Å². The van der Waals surface area contributed by atoms with Gasteiger partial charge in [-0.2, -0.15) is 10.2 Å². The van der Waals surface area contributed by atoms with Gasteiger partial charge >= 0.3 is 0 Å². The van der Waals surface area contributed by atoms with Gasteiger partial charge in [-0.1, -0.05) is 24.3 Å². The van der Waals surface area contributed by atoms with E-state index in [1.54, 1.807) is 28.7 Å². The number of benzene rings is 2. The number of likely N-dealkylation sites (tertiary alicyclic amines) is 1.